The van der Waals surface area contributed by atoms with Gasteiger partial charge in [0.25, 0.3) is 0 Å². The van der Waals surface area contributed by atoms with Gasteiger partial charge in [-0.25, -0.2) is 12.7 Å². The highest BCUT2D eigenvalue weighted by Gasteiger charge is 2.27. The summed E-state index contributed by atoms with van der Waals surface area (Å²) >= 11 is 1.68. The predicted molar refractivity (Wildman–Crippen MR) is 73.3 cm³/mol. The molecule has 0 radical (unpaired) electrons. The molecule has 1 aliphatic rings. The second-order valence-electron chi connectivity index (χ2n) is 3.88. The molecule has 4 nitrogen and oxygen atoms in total. The smallest absolute Gasteiger partial charge is 0.214 e. The van der Waals surface area contributed by atoms with E-state index in [1.165, 1.54) is 5.56 Å². The van der Waals surface area contributed by atoms with Crippen LogP contribution >= 0.6 is 23.7 Å². The van der Waals surface area contributed by atoms with Crippen molar-refractivity contribution < 1.29 is 8.42 Å². The Morgan fingerprint density at radius 3 is 2.88 bits per heavy atom. The number of hydrogen-bond donors (Lipinski definition) is 1. The van der Waals surface area contributed by atoms with E-state index in [1.54, 1.807) is 15.6 Å². The fraction of sp³-hybridized carbons (Fsp3) is 0.600. The number of hydrogen-bond acceptors (Lipinski definition) is 4. The van der Waals surface area contributed by atoms with E-state index in [0.717, 1.165) is 19.5 Å². The second kappa shape index (κ2) is 6.70. The van der Waals surface area contributed by atoms with Crippen LogP contribution in [0.2, 0.25) is 0 Å². The summed E-state index contributed by atoms with van der Waals surface area (Å²) < 4.78 is 24.5. The normalized spacial score (nSPS) is 19.1. The van der Waals surface area contributed by atoms with Gasteiger partial charge < -0.3 is 5.32 Å². The van der Waals surface area contributed by atoms with E-state index >= 15 is 0 Å². The minimum atomic E-state index is -2.93. The van der Waals surface area contributed by atoms with E-state index in [4.69, 9.17) is 0 Å². The molecule has 1 saturated heterocycles. The molecule has 0 amide bonds. The van der Waals surface area contributed by atoms with Gasteiger partial charge >= 0.3 is 0 Å². The van der Waals surface area contributed by atoms with Crippen molar-refractivity contribution in [2.45, 2.75) is 13.0 Å². The van der Waals surface area contributed by atoms with Crippen LogP contribution in [0.3, 0.4) is 0 Å². The largest absolute Gasteiger partial charge is 0.311 e. The van der Waals surface area contributed by atoms with Gasteiger partial charge in [-0.05, 0) is 28.8 Å². The molecule has 7 heteroatoms. The predicted octanol–water partition coefficient (Wildman–Crippen LogP) is 1.29. The average Bonchev–Trinajstić information content (AvgIpc) is 2.83. The SMILES string of the molecule is Cl.O=S1(=O)CCCN1CCNCc1ccsc1. The van der Waals surface area contributed by atoms with Crippen molar-refractivity contribution in [1.82, 2.24) is 9.62 Å². The highest BCUT2D eigenvalue weighted by molar-refractivity contribution is 7.89. The maximum Gasteiger partial charge on any atom is 0.214 e. The molecule has 0 atom stereocenters. The van der Waals surface area contributed by atoms with Gasteiger partial charge in [-0.1, -0.05) is 0 Å². The first-order valence-corrected chi connectivity index (χ1v) is 7.93. The van der Waals surface area contributed by atoms with Crippen LogP contribution in [0, 0.1) is 0 Å². The zero-order valence-electron chi connectivity index (χ0n) is 9.46. The molecule has 1 aromatic heterocycles. The Labute approximate surface area is 112 Å². The number of thiophene rings is 1. The summed E-state index contributed by atoms with van der Waals surface area (Å²) in [7, 11) is -2.93. The lowest BCUT2D eigenvalue weighted by Crippen LogP contribution is -2.33. The molecule has 2 heterocycles. The Morgan fingerprint density at radius 2 is 2.29 bits per heavy atom. The summed E-state index contributed by atoms with van der Waals surface area (Å²) in [5, 5.41) is 7.39. The number of halogens is 1. The topological polar surface area (TPSA) is 49.4 Å². The Bertz CT molecular complexity index is 420. The van der Waals surface area contributed by atoms with E-state index in [1.807, 2.05) is 5.38 Å². The summed E-state index contributed by atoms with van der Waals surface area (Å²) in [6.45, 7) is 2.81. The van der Waals surface area contributed by atoms with E-state index in [2.05, 4.69) is 16.8 Å². The van der Waals surface area contributed by atoms with Crippen LogP contribution in [0.5, 0.6) is 0 Å². The molecule has 0 unspecified atom stereocenters. The van der Waals surface area contributed by atoms with Gasteiger partial charge in [0.2, 0.25) is 10.0 Å². The third-order valence-electron chi connectivity index (χ3n) is 2.65. The molecule has 1 aromatic rings. The van der Waals surface area contributed by atoms with Gasteiger partial charge in [0.1, 0.15) is 0 Å². The lowest BCUT2D eigenvalue weighted by Gasteiger charge is -2.14. The molecule has 1 fully saturated rings. The molecule has 0 aromatic carbocycles. The first-order valence-electron chi connectivity index (χ1n) is 5.38. The zero-order valence-corrected chi connectivity index (χ0v) is 11.9. The molecule has 2 rings (SSSR count). The highest BCUT2D eigenvalue weighted by atomic mass is 35.5. The Morgan fingerprint density at radius 1 is 1.47 bits per heavy atom. The quantitative estimate of drug-likeness (QED) is 0.833. The zero-order chi connectivity index (χ0) is 11.4. The van der Waals surface area contributed by atoms with Gasteiger partial charge in [-0.2, -0.15) is 11.3 Å². The monoisotopic (exact) mass is 296 g/mol. The number of sulfonamides is 1. The molecule has 0 bridgehead atoms. The van der Waals surface area contributed by atoms with Crippen LogP contribution in [-0.2, 0) is 16.6 Å². The fourth-order valence-electron chi connectivity index (χ4n) is 1.77. The van der Waals surface area contributed by atoms with Crippen molar-refractivity contribution in [3.63, 3.8) is 0 Å². The molecule has 98 valence electrons. The van der Waals surface area contributed by atoms with E-state index in [-0.39, 0.29) is 12.4 Å². The van der Waals surface area contributed by atoms with Gasteiger partial charge in [0.15, 0.2) is 0 Å². The van der Waals surface area contributed by atoms with Crippen molar-refractivity contribution >= 4 is 33.8 Å². The minimum absolute atomic E-state index is 0. The molecule has 1 aliphatic heterocycles. The van der Waals surface area contributed by atoms with Crippen molar-refractivity contribution in [3.05, 3.63) is 22.4 Å². The lowest BCUT2D eigenvalue weighted by molar-refractivity contribution is 0.434. The van der Waals surface area contributed by atoms with Gasteiger partial charge in [-0.15, -0.1) is 12.4 Å². The maximum absolute atomic E-state index is 11.5. The standard InChI is InChI=1S/C10H16N2O2S2.ClH/c13-16(14)7-1-4-12(16)5-3-11-8-10-2-6-15-9-10;/h2,6,9,11H,1,3-5,7-8H2;1H. The van der Waals surface area contributed by atoms with Crippen LogP contribution in [0.1, 0.15) is 12.0 Å². The van der Waals surface area contributed by atoms with Crippen molar-refractivity contribution in [3.8, 4) is 0 Å². The van der Waals surface area contributed by atoms with Crippen molar-refractivity contribution in [2.75, 3.05) is 25.4 Å². The van der Waals surface area contributed by atoms with E-state index in [0.29, 0.717) is 18.8 Å². The molecule has 0 spiro atoms. The first-order chi connectivity index (χ1) is 7.68. The third-order valence-corrected chi connectivity index (χ3v) is 5.34. The summed E-state index contributed by atoms with van der Waals surface area (Å²) in [6.07, 6.45) is 0.771. The number of nitrogens with one attached hydrogen (secondary N) is 1. The van der Waals surface area contributed by atoms with Gasteiger partial charge in [0.05, 0.1) is 5.75 Å². The van der Waals surface area contributed by atoms with Crippen LogP contribution in [-0.4, -0.2) is 38.1 Å². The summed E-state index contributed by atoms with van der Waals surface area (Å²) in [4.78, 5) is 0. The lowest BCUT2D eigenvalue weighted by atomic mass is 10.3. The number of nitrogens with zero attached hydrogens (tertiary/aromatic N) is 1. The Kier molecular flexibility index (Phi) is 5.88. The molecule has 0 aliphatic carbocycles. The molecule has 1 N–H and O–H groups in total. The van der Waals surface area contributed by atoms with Crippen LogP contribution in [0.4, 0.5) is 0 Å². The highest BCUT2D eigenvalue weighted by Crippen LogP contribution is 2.12. The number of rotatable bonds is 5. The van der Waals surface area contributed by atoms with Crippen LogP contribution in [0.25, 0.3) is 0 Å². The summed E-state index contributed by atoms with van der Waals surface area (Å²) in [5.74, 6) is 0.317. The molecule has 17 heavy (non-hydrogen) atoms. The Hall–Kier alpha value is -0.140. The molecule has 0 saturated carbocycles. The third kappa shape index (κ3) is 4.22. The van der Waals surface area contributed by atoms with E-state index < -0.39 is 10.0 Å². The second-order valence-corrected chi connectivity index (χ2v) is 6.75. The van der Waals surface area contributed by atoms with Crippen LogP contribution in [0.15, 0.2) is 16.8 Å². The molecular weight excluding hydrogens is 280 g/mol. The summed E-state index contributed by atoms with van der Waals surface area (Å²) in [5.41, 5.74) is 1.26. The van der Waals surface area contributed by atoms with E-state index in [9.17, 15) is 8.42 Å². The fourth-order valence-corrected chi connectivity index (χ4v) is 3.97. The molecular formula is C10H17ClN2O2S2. The Balaban J connectivity index is 0.00000144. The van der Waals surface area contributed by atoms with Gasteiger partial charge in [-0.3, -0.25) is 0 Å². The average molecular weight is 297 g/mol. The van der Waals surface area contributed by atoms with Crippen molar-refractivity contribution in [1.29, 1.82) is 0 Å². The van der Waals surface area contributed by atoms with Gasteiger partial charge in [0, 0.05) is 26.2 Å². The maximum atomic E-state index is 11.5. The first kappa shape index (κ1) is 14.9. The minimum Gasteiger partial charge on any atom is -0.311 e. The summed E-state index contributed by atoms with van der Waals surface area (Å²) in [6, 6.07) is 2.07. The van der Waals surface area contributed by atoms with Crippen LogP contribution < -0.4 is 5.32 Å². The van der Waals surface area contributed by atoms with Crippen molar-refractivity contribution in [2.24, 2.45) is 0 Å².